The van der Waals surface area contributed by atoms with Crippen LogP contribution in [0.5, 0.6) is 0 Å². The first-order chi connectivity index (χ1) is 8.91. The number of hydrogen-bond acceptors (Lipinski definition) is 3. The molecule has 0 bridgehead atoms. The molecule has 1 N–H and O–H groups in total. The summed E-state index contributed by atoms with van der Waals surface area (Å²) in [6.45, 7) is 16.4. The van der Waals surface area contributed by atoms with E-state index in [1.807, 2.05) is 4.68 Å². The van der Waals surface area contributed by atoms with Crippen LogP contribution in [-0.4, -0.2) is 21.3 Å². The molecule has 0 aliphatic rings. The molecule has 0 spiro atoms. The summed E-state index contributed by atoms with van der Waals surface area (Å²) in [6.07, 6.45) is 1.65. The topological polar surface area (TPSA) is 42.7 Å². The van der Waals surface area contributed by atoms with Gasteiger partial charge in [-0.1, -0.05) is 41.5 Å². The smallest absolute Gasteiger partial charge is 0.140 e. The van der Waals surface area contributed by atoms with E-state index in [0.717, 1.165) is 25.5 Å². The standard InChI is InChI=1S/C15H30N4/c1-11(2)9-19-15(17-10-18-19)8-16-7-14(12(3)4)13(5)6/h10-14,16H,7-9H2,1-6H3. The Bertz CT molecular complexity index is 347. The van der Waals surface area contributed by atoms with Crippen molar-refractivity contribution >= 4 is 0 Å². The third kappa shape index (κ3) is 5.31. The van der Waals surface area contributed by atoms with Crippen LogP contribution < -0.4 is 5.32 Å². The van der Waals surface area contributed by atoms with Gasteiger partial charge in [0.15, 0.2) is 0 Å². The van der Waals surface area contributed by atoms with Gasteiger partial charge in [-0.15, -0.1) is 0 Å². The molecule has 1 aromatic rings. The van der Waals surface area contributed by atoms with Crippen molar-refractivity contribution in [3.8, 4) is 0 Å². The van der Waals surface area contributed by atoms with E-state index in [0.29, 0.717) is 23.7 Å². The van der Waals surface area contributed by atoms with Crippen LogP contribution in [0.1, 0.15) is 47.4 Å². The first kappa shape index (κ1) is 16.2. The third-order valence-corrected chi connectivity index (χ3v) is 3.61. The van der Waals surface area contributed by atoms with Gasteiger partial charge in [-0.05, 0) is 30.2 Å². The summed E-state index contributed by atoms with van der Waals surface area (Å²) in [6, 6.07) is 0. The predicted octanol–water partition coefficient (Wildman–Crippen LogP) is 2.95. The van der Waals surface area contributed by atoms with Gasteiger partial charge in [-0.25, -0.2) is 9.67 Å². The molecule has 0 atom stereocenters. The molecule has 1 aromatic heterocycles. The molecule has 0 saturated carbocycles. The van der Waals surface area contributed by atoms with E-state index >= 15 is 0 Å². The van der Waals surface area contributed by atoms with Gasteiger partial charge in [0.25, 0.3) is 0 Å². The van der Waals surface area contributed by atoms with Gasteiger partial charge in [0.2, 0.25) is 0 Å². The van der Waals surface area contributed by atoms with Crippen molar-refractivity contribution in [1.29, 1.82) is 0 Å². The van der Waals surface area contributed by atoms with E-state index in [1.165, 1.54) is 0 Å². The molecule has 4 heteroatoms. The molecule has 0 aliphatic carbocycles. The summed E-state index contributed by atoms with van der Waals surface area (Å²) in [5, 5.41) is 7.83. The maximum atomic E-state index is 4.35. The molecule has 0 unspecified atom stereocenters. The van der Waals surface area contributed by atoms with Crippen molar-refractivity contribution < 1.29 is 0 Å². The second-order valence-electron chi connectivity index (χ2n) is 6.54. The number of aromatic nitrogens is 3. The number of nitrogens with zero attached hydrogens (tertiary/aromatic N) is 3. The van der Waals surface area contributed by atoms with E-state index < -0.39 is 0 Å². The Labute approximate surface area is 118 Å². The lowest BCUT2D eigenvalue weighted by Gasteiger charge is -2.25. The summed E-state index contributed by atoms with van der Waals surface area (Å²) < 4.78 is 2.01. The van der Waals surface area contributed by atoms with Crippen LogP contribution in [0.3, 0.4) is 0 Å². The first-order valence-corrected chi connectivity index (χ1v) is 7.49. The first-order valence-electron chi connectivity index (χ1n) is 7.49. The van der Waals surface area contributed by atoms with E-state index in [1.54, 1.807) is 6.33 Å². The molecule has 1 rings (SSSR count). The van der Waals surface area contributed by atoms with Crippen LogP contribution >= 0.6 is 0 Å². The lowest BCUT2D eigenvalue weighted by Crippen LogP contribution is -2.30. The Hall–Kier alpha value is -0.900. The molecule has 0 aliphatic heterocycles. The zero-order chi connectivity index (χ0) is 14.4. The van der Waals surface area contributed by atoms with Crippen LogP contribution in [0, 0.1) is 23.7 Å². The highest BCUT2D eigenvalue weighted by molar-refractivity contribution is 4.84. The molecule has 0 saturated heterocycles. The maximum absolute atomic E-state index is 4.35. The number of hydrogen-bond donors (Lipinski definition) is 1. The minimum atomic E-state index is 0.597. The Morgan fingerprint density at radius 3 is 2.26 bits per heavy atom. The van der Waals surface area contributed by atoms with Crippen molar-refractivity contribution in [1.82, 2.24) is 20.1 Å². The molecule has 1 heterocycles. The molecule has 19 heavy (non-hydrogen) atoms. The van der Waals surface area contributed by atoms with Gasteiger partial charge in [-0.3, -0.25) is 0 Å². The fourth-order valence-electron chi connectivity index (χ4n) is 2.52. The lowest BCUT2D eigenvalue weighted by atomic mass is 9.85. The van der Waals surface area contributed by atoms with Gasteiger partial charge >= 0.3 is 0 Å². The second-order valence-corrected chi connectivity index (χ2v) is 6.54. The predicted molar refractivity (Wildman–Crippen MR) is 79.7 cm³/mol. The fourth-order valence-corrected chi connectivity index (χ4v) is 2.52. The van der Waals surface area contributed by atoms with Gasteiger partial charge in [-0.2, -0.15) is 5.10 Å². The average molecular weight is 266 g/mol. The average Bonchev–Trinajstić information content (AvgIpc) is 2.70. The summed E-state index contributed by atoms with van der Waals surface area (Å²) in [4.78, 5) is 4.35. The van der Waals surface area contributed by atoms with Crippen molar-refractivity contribution in [2.45, 2.75) is 54.6 Å². The summed E-state index contributed by atoms with van der Waals surface area (Å²) in [5.41, 5.74) is 0. The molecule has 0 amide bonds. The van der Waals surface area contributed by atoms with E-state index in [4.69, 9.17) is 0 Å². The minimum absolute atomic E-state index is 0.597. The largest absolute Gasteiger partial charge is 0.310 e. The Kier molecular flexibility index (Phi) is 6.49. The lowest BCUT2D eigenvalue weighted by molar-refractivity contribution is 0.274. The Morgan fingerprint density at radius 2 is 1.74 bits per heavy atom. The van der Waals surface area contributed by atoms with Crippen LogP contribution in [-0.2, 0) is 13.1 Å². The zero-order valence-corrected chi connectivity index (χ0v) is 13.3. The molecular weight excluding hydrogens is 236 g/mol. The monoisotopic (exact) mass is 266 g/mol. The van der Waals surface area contributed by atoms with Crippen molar-refractivity contribution in [2.24, 2.45) is 23.7 Å². The summed E-state index contributed by atoms with van der Waals surface area (Å²) in [7, 11) is 0. The summed E-state index contributed by atoms with van der Waals surface area (Å²) >= 11 is 0. The van der Waals surface area contributed by atoms with E-state index in [9.17, 15) is 0 Å². The molecule has 0 aromatic carbocycles. The van der Waals surface area contributed by atoms with Gasteiger partial charge in [0.05, 0.1) is 6.54 Å². The molecule has 110 valence electrons. The Balaban J connectivity index is 2.46. The maximum Gasteiger partial charge on any atom is 0.140 e. The highest BCUT2D eigenvalue weighted by atomic mass is 15.3. The normalized spacial score (nSPS) is 12.3. The van der Waals surface area contributed by atoms with Crippen LogP contribution in [0.15, 0.2) is 6.33 Å². The number of rotatable bonds is 8. The summed E-state index contributed by atoms with van der Waals surface area (Å²) in [5.74, 6) is 3.77. The van der Waals surface area contributed by atoms with Gasteiger partial charge in [0.1, 0.15) is 12.2 Å². The highest BCUT2D eigenvalue weighted by Crippen LogP contribution is 2.19. The molecular formula is C15H30N4. The Morgan fingerprint density at radius 1 is 1.11 bits per heavy atom. The molecule has 4 nitrogen and oxygen atoms in total. The highest BCUT2D eigenvalue weighted by Gasteiger charge is 2.17. The van der Waals surface area contributed by atoms with Gasteiger partial charge < -0.3 is 5.32 Å². The second kappa shape index (κ2) is 7.63. The minimum Gasteiger partial charge on any atom is -0.310 e. The SMILES string of the molecule is CC(C)Cn1ncnc1CNCC(C(C)C)C(C)C. The van der Waals surface area contributed by atoms with Crippen LogP contribution in [0.2, 0.25) is 0 Å². The molecule has 0 fully saturated rings. The fraction of sp³-hybridized carbons (Fsp3) is 0.867. The third-order valence-electron chi connectivity index (χ3n) is 3.61. The van der Waals surface area contributed by atoms with Crippen LogP contribution in [0.4, 0.5) is 0 Å². The van der Waals surface area contributed by atoms with Gasteiger partial charge in [0, 0.05) is 6.54 Å². The van der Waals surface area contributed by atoms with Crippen LogP contribution in [0.25, 0.3) is 0 Å². The van der Waals surface area contributed by atoms with E-state index in [-0.39, 0.29) is 0 Å². The zero-order valence-electron chi connectivity index (χ0n) is 13.3. The number of nitrogens with one attached hydrogen (secondary N) is 1. The van der Waals surface area contributed by atoms with Crippen molar-refractivity contribution in [2.75, 3.05) is 6.54 Å². The van der Waals surface area contributed by atoms with E-state index in [2.05, 4.69) is 56.9 Å². The van der Waals surface area contributed by atoms with Crippen molar-refractivity contribution in [3.63, 3.8) is 0 Å². The quantitative estimate of drug-likeness (QED) is 0.786. The van der Waals surface area contributed by atoms with Crippen molar-refractivity contribution in [3.05, 3.63) is 12.2 Å². The molecule has 0 radical (unpaired) electrons.